The molecule has 0 aliphatic heterocycles. The van der Waals surface area contributed by atoms with Gasteiger partial charge >= 0.3 is 0 Å². The zero-order valence-corrected chi connectivity index (χ0v) is 9.95. The summed E-state index contributed by atoms with van der Waals surface area (Å²) < 4.78 is 2.02. The van der Waals surface area contributed by atoms with Crippen LogP contribution in [0.2, 0.25) is 0 Å². The van der Waals surface area contributed by atoms with E-state index in [4.69, 9.17) is 0 Å². The largest absolute Gasteiger partial charge is 0.208 e. The molecule has 2 rings (SSSR count). The van der Waals surface area contributed by atoms with E-state index < -0.39 is 0 Å². The van der Waals surface area contributed by atoms with Gasteiger partial charge in [0.05, 0.1) is 0 Å². The highest BCUT2D eigenvalue weighted by atomic mass is 14.9. The van der Waals surface area contributed by atoms with Crippen LogP contribution in [0.25, 0.3) is 12.2 Å². The SMILES string of the molecule is C[n+]1ccc(/C=C/C=C/c2ccccc2)cc1. The van der Waals surface area contributed by atoms with Crippen molar-refractivity contribution in [2.75, 3.05) is 0 Å². The molecule has 0 aliphatic carbocycles. The fourth-order valence-electron chi connectivity index (χ4n) is 1.52. The van der Waals surface area contributed by atoms with Crippen LogP contribution in [-0.4, -0.2) is 0 Å². The standard InChI is InChI=1S/C16H16N/c1-17-13-11-16(12-14-17)10-6-5-9-15-7-3-2-4-8-15/h2-14H,1H3/q+1/b9-5+,10-6+. The number of aromatic nitrogens is 1. The predicted octanol–water partition coefficient (Wildman–Crippen LogP) is 3.24. The molecule has 0 bridgehead atoms. The van der Waals surface area contributed by atoms with Crippen molar-refractivity contribution in [3.05, 3.63) is 78.1 Å². The topological polar surface area (TPSA) is 3.88 Å². The normalized spacial score (nSPS) is 11.4. The lowest BCUT2D eigenvalue weighted by Gasteiger charge is -1.90. The van der Waals surface area contributed by atoms with Crippen molar-refractivity contribution < 1.29 is 4.57 Å². The lowest BCUT2D eigenvalue weighted by atomic mass is 10.2. The van der Waals surface area contributed by atoms with Crippen LogP contribution in [0.3, 0.4) is 0 Å². The molecule has 1 aromatic heterocycles. The van der Waals surface area contributed by atoms with Crippen LogP contribution in [0.4, 0.5) is 0 Å². The van der Waals surface area contributed by atoms with Gasteiger partial charge in [0.2, 0.25) is 0 Å². The number of benzene rings is 1. The number of allylic oxidation sites excluding steroid dienone is 2. The number of hydrogen-bond donors (Lipinski definition) is 0. The summed E-state index contributed by atoms with van der Waals surface area (Å²) in [4.78, 5) is 0. The zero-order valence-electron chi connectivity index (χ0n) is 9.95. The molecule has 0 aliphatic rings. The van der Waals surface area contributed by atoms with Crippen molar-refractivity contribution in [1.29, 1.82) is 0 Å². The molecule has 1 aromatic carbocycles. The van der Waals surface area contributed by atoms with Gasteiger partial charge in [-0.25, -0.2) is 4.57 Å². The van der Waals surface area contributed by atoms with Crippen LogP contribution in [0.15, 0.2) is 67.0 Å². The van der Waals surface area contributed by atoms with Gasteiger partial charge < -0.3 is 0 Å². The molecule has 0 atom stereocenters. The Labute approximate surface area is 102 Å². The van der Waals surface area contributed by atoms with Crippen LogP contribution >= 0.6 is 0 Å². The average molecular weight is 222 g/mol. The molecule has 84 valence electrons. The van der Waals surface area contributed by atoms with Gasteiger partial charge in [-0.1, -0.05) is 54.6 Å². The van der Waals surface area contributed by atoms with Gasteiger partial charge in [0.15, 0.2) is 12.4 Å². The summed E-state index contributed by atoms with van der Waals surface area (Å²) in [6, 6.07) is 14.5. The summed E-state index contributed by atoms with van der Waals surface area (Å²) in [5.41, 5.74) is 2.43. The minimum Gasteiger partial charge on any atom is -0.208 e. The Kier molecular flexibility index (Phi) is 3.87. The lowest BCUT2D eigenvalue weighted by Crippen LogP contribution is -2.25. The summed E-state index contributed by atoms with van der Waals surface area (Å²) in [5, 5.41) is 0. The maximum atomic E-state index is 2.10. The highest BCUT2D eigenvalue weighted by Gasteiger charge is 1.89. The first kappa shape index (κ1) is 11.3. The van der Waals surface area contributed by atoms with E-state index in [-0.39, 0.29) is 0 Å². The van der Waals surface area contributed by atoms with Crippen molar-refractivity contribution in [3.8, 4) is 0 Å². The summed E-state index contributed by atoms with van der Waals surface area (Å²) in [6.07, 6.45) is 12.4. The molecule has 0 radical (unpaired) electrons. The van der Waals surface area contributed by atoms with E-state index in [1.807, 2.05) is 42.2 Å². The highest BCUT2D eigenvalue weighted by Crippen LogP contribution is 2.02. The van der Waals surface area contributed by atoms with Crippen LogP contribution in [0.1, 0.15) is 11.1 Å². The second kappa shape index (κ2) is 5.80. The van der Waals surface area contributed by atoms with Gasteiger partial charge in [0.25, 0.3) is 0 Å². The summed E-state index contributed by atoms with van der Waals surface area (Å²) in [7, 11) is 2.02. The lowest BCUT2D eigenvalue weighted by molar-refractivity contribution is -0.671. The third-order valence-corrected chi connectivity index (χ3v) is 2.49. The highest BCUT2D eigenvalue weighted by molar-refractivity contribution is 5.56. The fourth-order valence-corrected chi connectivity index (χ4v) is 1.52. The molecule has 0 saturated heterocycles. The van der Waals surface area contributed by atoms with Gasteiger partial charge in [0.1, 0.15) is 7.05 Å². The van der Waals surface area contributed by atoms with Crippen LogP contribution in [0, 0.1) is 0 Å². The molecule has 0 amide bonds. The van der Waals surface area contributed by atoms with Gasteiger partial charge in [0, 0.05) is 12.1 Å². The Bertz CT molecular complexity index is 507. The number of rotatable bonds is 3. The molecule has 2 aromatic rings. The maximum absolute atomic E-state index is 2.10. The monoisotopic (exact) mass is 222 g/mol. The van der Waals surface area contributed by atoms with Gasteiger partial charge in [-0.15, -0.1) is 0 Å². The first-order valence-electron chi connectivity index (χ1n) is 5.70. The summed E-state index contributed by atoms with van der Waals surface area (Å²) in [5.74, 6) is 0. The second-order valence-electron chi connectivity index (χ2n) is 3.93. The number of hydrogen-bond acceptors (Lipinski definition) is 0. The van der Waals surface area contributed by atoms with Crippen molar-refractivity contribution in [3.63, 3.8) is 0 Å². The first-order chi connectivity index (χ1) is 8.34. The summed E-state index contributed by atoms with van der Waals surface area (Å²) in [6.45, 7) is 0. The van der Waals surface area contributed by atoms with E-state index >= 15 is 0 Å². The van der Waals surface area contributed by atoms with E-state index in [2.05, 4.69) is 48.6 Å². The molecule has 1 heteroatoms. The van der Waals surface area contributed by atoms with Crippen molar-refractivity contribution in [1.82, 2.24) is 0 Å². The second-order valence-corrected chi connectivity index (χ2v) is 3.93. The molecule has 0 N–H and O–H groups in total. The van der Waals surface area contributed by atoms with E-state index in [9.17, 15) is 0 Å². The maximum Gasteiger partial charge on any atom is 0.169 e. The van der Waals surface area contributed by atoms with Gasteiger partial charge in [-0.05, 0) is 11.1 Å². The molecular formula is C16H16N+. The average Bonchev–Trinajstić information content (AvgIpc) is 2.38. The number of aryl methyl sites for hydroxylation is 1. The van der Waals surface area contributed by atoms with E-state index in [0.29, 0.717) is 0 Å². The third-order valence-electron chi connectivity index (χ3n) is 2.49. The Hall–Kier alpha value is -2.15. The summed E-state index contributed by atoms with van der Waals surface area (Å²) >= 11 is 0. The zero-order chi connectivity index (χ0) is 11.9. The van der Waals surface area contributed by atoms with Gasteiger partial charge in [-0.2, -0.15) is 0 Å². The molecule has 0 fully saturated rings. The van der Waals surface area contributed by atoms with Crippen molar-refractivity contribution in [2.45, 2.75) is 0 Å². The van der Waals surface area contributed by atoms with Crippen molar-refractivity contribution >= 4 is 12.2 Å². The van der Waals surface area contributed by atoms with Gasteiger partial charge in [-0.3, -0.25) is 0 Å². The Morgan fingerprint density at radius 2 is 1.29 bits per heavy atom. The van der Waals surface area contributed by atoms with Crippen LogP contribution in [0.5, 0.6) is 0 Å². The van der Waals surface area contributed by atoms with Crippen molar-refractivity contribution in [2.24, 2.45) is 7.05 Å². The molecule has 0 unspecified atom stereocenters. The molecule has 17 heavy (non-hydrogen) atoms. The molecular weight excluding hydrogens is 206 g/mol. The van der Waals surface area contributed by atoms with Crippen LogP contribution < -0.4 is 4.57 Å². The molecule has 0 saturated carbocycles. The van der Waals surface area contributed by atoms with E-state index in [1.165, 1.54) is 11.1 Å². The third kappa shape index (κ3) is 3.72. The van der Waals surface area contributed by atoms with E-state index in [0.717, 1.165) is 0 Å². The predicted molar refractivity (Wildman–Crippen MR) is 72.1 cm³/mol. The Balaban J connectivity index is 1.98. The number of pyridine rings is 1. The molecule has 0 spiro atoms. The number of nitrogens with zero attached hydrogens (tertiary/aromatic N) is 1. The minimum absolute atomic E-state index is 1.21. The minimum atomic E-state index is 1.21. The van der Waals surface area contributed by atoms with Crippen LogP contribution in [-0.2, 0) is 7.05 Å². The quantitative estimate of drug-likeness (QED) is 0.554. The fraction of sp³-hybridized carbons (Fsp3) is 0.0625. The van der Waals surface area contributed by atoms with E-state index in [1.54, 1.807) is 0 Å². The smallest absolute Gasteiger partial charge is 0.169 e. The Morgan fingerprint density at radius 3 is 1.88 bits per heavy atom. The first-order valence-corrected chi connectivity index (χ1v) is 5.70. The molecule has 1 heterocycles. The Morgan fingerprint density at radius 1 is 0.765 bits per heavy atom. The molecule has 1 nitrogen and oxygen atoms in total.